The topological polar surface area (TPSA) is 73.1 Å². The van der Waals surface area contributed by atoms with Gasteiger partial charge in [-0.05, 0) is 42.8 Å². The number of aryl methyl sites for hydroxylation is 1. The third-order valence-corrected chi connectivity index (χ3v) is 4.82. The number of fused-ring (bicyclic) bond motifs is 1. The lowest BCUT2D eigenvalue weighted by atomic mass is 10.1. The van der Waals surface area contributed by atoms with Crippen LogP contribution in [0.3, 0.4) is 0 Å². The van der Waals surface area contributed by atoms with Gasteiger partial charge in [-0.2, -0.15) is 0 Å². The highest BCUT2D eigenvalue weighted by Crippen LogP contribution is 2.24. The highest BCUT2D eigenvalue weighted by molar-refractivity contribution is 6.31. The zero-order chi connectivity index (χ0) is 18.1. The smallest absolute Gasteiger partial charge is 0.272 e. The molecule has 1 fully saturated rings. The Morgan fingerprint density at radius 3 is 2.77 bits per heavy atom. The molecule has 0 aliphatic carbocycles. The molecule has 6 nitrogen and oxygen atoms in total. The lowest BCUT2D eigenvalue weighted by Gasteiger charge is -2.28. The zero-order valence-electron chi connectivity index (χ0n) is 14.5. The molecule has 3 N–H and O–H groups in total. The largest absolute Gasteiger partial charge is 0.354 e. The number of nitrogens with one attached hydrogen (secondary N) is 3. The summed E-state index contributed by atoms with van der Waals surface area (Å²) < 4.78 is 0. The molecule has 0 spiro atoms. The van der Waals surface area contributed by atoms with Crippen LogP contribution in [0.2, 0.25) is 5.02 Å². The number of halogens is 1. The van der Waals surface area contributed by atoms with Crippen molar-refractivity contribution in [1.29, 1.82) is 0 Å². The van der Waals surface area contributed by atoms with Crippen molar-refractivity contribution >= 4 is 39.9 Å². The number of hydrogen-bond donors (Lipinski definition) is 3. The molecule has 3 heterocycles. The number of carbonyl (C=O) groups excluding carboxylic acids is 1. The summed E-state index contributed by atoms with van der Waals surface area (Å²) in [6.45, 7) is 5.78. The first-order chi connectivity index (χ1) is 12.6. The Bertz CT molecular complexity index is 944. The molecule has 1 aliphatic heterocycles. The third-order valence-electron chi connectivity index (χ3n) is 4.60. The van der Waals surface area contributed by atoms with E-state index in [1.54, 1.807) is 6.20 Å². The summed E-state index contributed by atoms with van der Waals surface area (Å²) in [5.74, 6) is 0.730. The van der Waals surface area contributed by atoms with Crippen molar-refractivity contribution in [3.63, 3.8) is 0 Å². The van der Waals surface area contributed by atoms with Gasteiger partial charge in [-0.25, -0.2) is 4.98 Å². The van der Waals surface area contributed by atoms with Crippen molar-refractivity contribution < 1.29 is 4.79 Å². The van der Waals surface area contributed by atoms with Gasteiger partial charge in [0.2, 0.25) is 0 Å². The lowest BCUT2D eigenvalue weighted by Crippen LogP contribution is -2.43. The molecule has 7 heteroatoms. The number of rotatable bonds is 3. The predicted octanol–water partition coefficient (Wildman–Crippen LogP) is 3.19. The van der Waals surface area contributed by atoms with Crippen molar-refractivity contribution in [3.8, 4) is 0 Å². The van der Waals surface area contributed by atoms with Gasteiger partial charge in [0, 0.05) is 42.1 Å². The maximum atomic E-state index is 12.5. The molecule has 0 radical (unpaired) electrons. The van der Waals surface area contributed by atoms with Gasteiger partial charge in [-0.1, -0.05) is 11.6 Å². The minimum absolute atomic E-state index is 0.201. The molecule has 1 amide bonds. The normalized spacial score (nSPS) is 14.6. The summed E-state index contributed by atoms with van der Waals surface area (Å²) in [4.78, 5) is 22.4. The predicted molar refractivity (Wildman–Crippen MR) is 105 cm³/mol. The molecule has 1 saturated heterocycles. The molecular formula is C19H20ClN5O. The monoisotopic (exact) mass is 369 g/mol. The molecule has 1 aromatic carbocycles. The van der Waals surface area contributed by atoms with Gasteiger partial charge in [0.25, 0.3) is 5.91 Å². The fraction of sp³-hybridized carbons (Fsp3) is 0.263. The summed E-state index contributed by atoms with van der Waals surface area (Å²) in [7, 11) is 0. The molecule has 0 atom stereocenters. The number of carbonyl (C=O) groups is 1. The fourth-order valence-electron chi connectivity index (χ4n) is 3.24. The Morgan fingerprint density at radius 2 is 2.04 bits per heavy atom. The number of nitrogens with zero attached hydrogens (tertiary/aromatic N) is 2. The van der Waals surface area contributed by atoms with Crippen molar-refractivity contribution in [2.24, 2.45) is 0 Å². The molecule has 4 rings (SSSR count). The SMILES string of the molecule is Cc1cc(Cl)cc2[nH]c(C(=O)Nc3ccc(N4CCNCC4)nc3)cc12. The molecule has 0 bridgehead atoms. The average Bonchev–Trinajstić information content (AvgIpc) is 3.08. The lowest BCUT2D eigenvalue weighted by molar-refractivity contribution is 0.102. The van der Waals surface area contributed by atoms with Crippen LogP contribution in [-0.4, -0.2) is 42.1 Å². The van der Waals surface area contributed by atoms with Crippen molar-refractivity contribution in [1.82, 2.24) is 15.3 Å². The van der Waals surface area contributed by atoms with E-state index in [2.05, 4.69) is 25.5 Å². The Balaban J connectivity index is 1.50. The highest BCUT2D eigenvalue weighted by atomic mass is 35.5. The first-order valence-electron chi connectivity index (χ1n) is 8.62. The Kier molecular flexibility index (Phi) is 4.53. The van der Waals surface area contributed by atoms with Gasteiger partial charge in [-0.3, -0.25) is 4.79 Å². The number of amides is 1. The summed E-state index contributed by atoms with van der Waals surface area (Å²) >= 11 is 6.08. The first kappa shape index (κ1) is 16.9. The zero-order valence-corrected chi connectivity index (χ0v) is 15.2. The van der Waals surface area contributed by atoms with Crippen LogP contribution < -0.4 is 15.5 Å². The van der Waals surface area contributed by atoms with E-state index in [1.165, 1.54) is 0 Å². The van der Waals surface area contributed by atoms with Crippen LogP contribution in [0.1, 0.15) is 16.1 Å². The van der Waals surface area contributed by atoms with Crippen molar-refractivity contribution in [3.05, 3.63) is 52.8 Å². The maximum absolute atomic E-state index is 12.5. The number of hydrogen-bond acceptors (Lipinski definition) is 4. The second-order valence-corrected chi connectivity index (χ2v) is 6.90. The highest BCUT2D eigenvalue weighted by Gasteiger charge is 2.14. The molecule has 0 unspecified atom stereocenters. The van der Waals surface area contributed by atoms with Gasteiger partial charge in [0.1, 0.15) is 11.5 Å². The fourth-order valence-corrected chi connectivity index (χ4v) is 3.51. The summed E-state index contributed by atoms with van der Waals surface area (Å²) in [6.07, 6.45) is 1.69. The molecule has 0 saturated carbocycles. The van der Waals surface area contributed by atoms with E-state index in [-0.39, 0.29) is 5.91 Å². The van der Waals surface area contributed by atoms with E-state index in [9.17, 15) is 4.79 Å². The van der Waals surface area contributed by atoms with Crippen LogP contribution in [0.4, 0.5) is 11.5 Å². The number of H-pyrrole nitrogens is 1. The Labute approximate surface area is 156 Å². The Hall–Kier alpha value is -2.57. The van der Waals surface area contributed by atoms with Gasteiger partial charge >= 0.3 is 0 Å². The summed E-state index contributed by atoms with van der Waals surface area (Å²) in [5, 5.41) is 7.85. The minimum atomic E-state index is -0.201. The number of aromatic amines is 1. The average molecular weight is 370 g/mol. The van der Waals surface area contributed by atoms with Crippen molar-refractivity contribution in [2.45, 2.75) is 6.92 Å². The summed E-state index contributed by atoms with van der Waals surface area (Å²) in [6, 6.07) is 9.38. The van der Waals surface area contributed by atoms with Crippen LogP contribution in [0, 0.1) is 6.92 Å². The van der Waals surface area contributed by atoms with E-state index in [0.717, 1.165) is 48.5 Å². The third kappa shape index (κ3) is 3.38. The van der Waals surface area contributed by atoms with Gasteiger partial charge < -0.3 is 20.5 Å². The number of piperazine rings is 1. The molecule has 134 valence electrons. The molecule has 1 aliphatic rings. The van der Waals surface area contributed by atoms with Crippen LogP contribution in [0.5, 0.6) is 0 Å². The first-order valence-corrected chi connectivity index (χ1v) is 9.00. The number of benzene rings is 1. The maximum Gasteiger partial charge on any atom is 0.272 e. The van der Waals surface area contributed by atoms with E-state index in [1.807, 2.05) is 37.3 Å². The standard InChI is InChI=1S/C19H20ClN5O/c1-12-8-13(20)9-16-15(12)10-17(24-16)19(26)23-14-2-3-18(22-11-14)25-6-4-21-5-7-25/h2-3,8-11,21,24H,4-7H2,1H3,(H,23,26). The van der Waals surface area contributed by atoms with Crippen LogP contribution in [-0.2, 0) is 0 Å². The van der Waals surface area contributed by atoms with Crippen LogP contribution in [0.25, 0.3) is 10.9 Å². The van der Waals surface area contributed by atoms with Crippen molar-refractivity contribution in [2.75, 3.05) is 36.4 Å². The molecular weight excluding hydrogens is 350 g/mol. The van der Waals surface area contributed by atoms with Gasteiger partial charge in [0.15, 0.2) is 0 Å². The number of pyridine rings is 1. The van der Waals surface area contributed by atoms with Crippen LogP contribution >= 0.6 is 11.6 Å². The quantitative estimate of drug-likeness (QED) is 0.663. The van der Waals surface area contributed by atoms with Crippen LogP contribution in [0.15, 0.2) is 36.5 Å². The molecule has 3 aromatic rings. The summed E-state index contributed by atoms with van der Waals surface area (Å²) in [5.41, 5.74) is 3.05. The second-order valence-electron chi connectivity index (χ2n) is 6.46. The molecule has 2 aromatic heterocycles. The van der Waals surface area contributed by atoms with E-state index in [4.69, 9.17) is 11.6 Å². The molecule has 26 heavy (non-hydrogen) atoms. The van der Waals surface area contributed by atoms with Gasteiger partial charge in [0.05, 0.1) is 11.9 Å². The van der Waals surface area contributed by atoms with E-state index < -0.39 is 0 Å². The van der Waals surface area contributed by atoms with E-state index in [0.29, 0.717) is 16.4 Å². The van der Waals surface area contributed by atoms with Gasteiger partial charge in [-0.15, -0.1) is 0 Å². The number of aromatic nitrogens is 2. The van der Waals surface area contributed by atoms with E-state index >= 15 is 0 Å². The Morgan fingerprint density at radius 1 is 1.23 bits per heavy atom. The minimum Gasteiger partial charge on any atom is -0.354 e. The second kappa shape index (κ2) is 6.97. The number of anilines is 2.